The van der Waals surface area contributed by atoms with E-state index < -0.39 is 0 Å². The van der Waals surface area contributed by atoms with Gasteiger partial charge in [-0.25, -0.2) is 4.98 Å². The summed E-state index contributed by atoms with van der Waals surface area (Å²) in [6, 6.07) is 11.3. The number of morpholine rings is 1. The average Bonchev–Trinajstić information content (AvgIpc) is 2.48. The van der Waals surface area contributed by atoms with Crippen LogP contribution in [-0.4, -0.2) is 36.4 Å². The van der Waals surface area contributed by atoms with Crippen LogP contribution in [0.15, 0.2) is 42.6 Å². The Hall–Kier alpha value is -2.07. The highest BCUT2D eigenvalue weighted by molar-refractivity contribution is 5.65. The summed E-state index contributed by atoms with van der Waals surface area (Å²) in [5, 5.41) is 9.49. The fourth-order valence-electron chi connectivity index (χ4n) is 2.22. The molecule has 1 aromatic carbocycles. The third-order valence-corrected chi connectivity index (χ3v) is 3.26. The van der Waals surface area contributed by atoms with Crippen LogP contribution in [0.3, 0.4) is 0 Å². The zero-order valence-corrected chi connectivity index (χ0v) is 10.6. The predicted molar refractivity (Wildman–Crippen MR) is 74.4 cm³/mol. The van der Waals surface area contributed by atoms with Gasteiger partial charge in [-0.15, -0.1) is 0 Å². The van der Waals surface area contributed by atoms with E-state index in [9.17, 15) is 5.11 Å². The molecule has 0 aliphatic carbocycles. The Labute approximate surface area is 112 Å². The number of aromatic nitrogens is 1. The lowest BCUT2D eigenvalue weighted by Gasteiger charge is -2.27. The molecule has 0 unspecified atom stereocenters. The first-order valence-corrected chi connectivity index (χ1v) is 6.41. The highest BCUT2D eigenvalue weighted by Gasteiger charge is 2.12. The van der Waals surface area contributed by atoms with E-state index in [4.69, 9.17) is 4.74 Å². The van der Waals surface area contributed by atoms with E-state index >= 15 is 0 Å². The first kappa shape index (κ1) is 12.0. The van der Waals surface area contributed by atoms with Crippen LogP contribution in [0.25, 0.3) is 11.1 Å². The lowest BCUT2D eigenvalue weighted by Crippen LogP contribution is -2.36. The van der Waals surface area contributed by atoms with Crippen molar-refractivity contribution in [2.24, 2.45) is 0 Å². The SMILES string of the molecule is Oc1cccc(-c2ccc(N3CCOCC3)nc2)c1. The van der Waals surface area contributed by atoms with E-state index in [1.165, 1.54) is 0 Å². The molecule has 0 amide bonds. The number of phenolic OH excluding ortho intramolecular Hbond substituents is 1. The largest absolute Gasteiger partial charge is 0.508 e. The van der Waals surface area contributed by atoms with Gasteiger partial charge in [0.25, 0.3) is 0 Å². The van der Waals surface area contributed by atoms with Crippen LogP contribution in [0.2, 0.25) is 0 Å². The van der Waals surface area contributed by atoms with Crippen molar-refractivity contribution in [3.63, 3.8) is 0 Å². The number of hydrogen-bond acceptors (Lipinski definition) is 4. The summed E-state index contributed by atoms with van der Waals surface area (Å²) in [6.45, 7) is 3.29. The fraction of sp³-hybridized carbons (Fsp3) is 0.267. The average molecular weight is 256 g/mol. The van der Waals surface area contributed by atoms with Gasteiger partial charge in [0.2, 0.25) is 0 Å². The van der Waals surface area contributed by atoms with Crippen LogP contribution in [0.5, 0.6) is 5.75 Å². The van der Waals surface area contributed by atoms with Crippen LogP contribution in [0.1, 0.15) is 0 Å². The molecule has 0 radical (unpaired) electrons. The minimum Gasteiger partial charge on any atom is -0.508 e. The number of benzene rings is 1. The monoisotopic (exact) mass is 256 g/mol. The van der Waals surface area contributed by atoms with Crippen LogP contribution in [0, 0.1) is 0 Å². The standard InChI is InChI=1S/C15H16N2O2/c18-14-3-1-2-12(10-14)13-4-5-15(16-11-13)17-6-8-19-9-7-17/h1-5,10-11,18H,6-9H2. The Morgan fingerprint density at radius 2 is 1.89 bits per heavy atom. The molecule has 1 N–H and O–H groups in total. The molecule has 19 heavy (non-hydrogen) atoms. The highest BCUT2D eigenvalue weighted by atomic mass is 16.5. The molecule has 3 rings (SSSR count). The number of hydrogen-bond donors (Lipinski definition) is 1. The molecule has 1 aliphatic rings. The van der Waals surface area contributed by atoms with Crippen molar-refractivity contribution in [1.82, 2.24) is 4.98 Å². The van der Waals surface area contributed by atoms with E-state index in [2.05, 4.69) is 9.88 Å². The van der Waals surface area contributed by atoms with Gasteiger partial charge >= 0.3 is 0 Å². The van der Waals surface area contributed by atoms with Gasteiger partial charge in [-0.2, -0.15) is 0 Å². The van der Waals surface area contributed by atoms with Gasteiger partial charge in [-0.1, -0.05) is 12.1 Å². The molecular weight excluding hydrogens is 240 g/mol. The number of aromatic hydroxyl groups is 1. The predicted octanol–water partition coefficient (Wildman–Crippen LogP) is 2.29. The van der Waals surface area contributed by atoms with Gasteiger partial charge in [-0.3, -0.25) is 0 Å². The van der Waals surface area contributed by atoms with Gasteiger partial charge in [0.05, 0.1) is 13.2 Å². The van der Waals surface area contributed by atoms with Crippen LogP contribution in [0.4, 0.5) is 5.82 Å². The summed E-state index contributed by atoms with van der Waals surface area (Å²) in [6.07, 6.45) is 1.85. The lowest BCUT2D eigenvalue weighted by atomic mass is 10.1. The first-order chi connectivity index (χ1) is 9.33. The van der Waals surface area contributed by atoms with E-state index in [1.54, 1.807) is 12.1 Å². The van der Waals surface area contributed by atoms with Crippen molar-refractivity contribution in [2.75, 3.05) is 31.2 Å². The maximum atomic E-state index is 9.49. The summed E-state index contributed by atoms with van der Waals surface area (Å²) < 4.78 is 5.33. The normalized spacial score (nSPS) is 15.5. The second-order valence-corrected chi connectivity index (χ2v) is 4.55. The quantitative estimate of drug-likeness (QED) is 0.895. The number of anilines is 1. The summed E-state index contributed by atoms with van der Waals surface area (Å²) in [4.78, 5) is 6.72. The molecule has 0 saturated carbocycles. The zero-order chi connectivity index (χ0) is 13.1. The molecule has 0 spiro atoms. The Morgan fingerprint density at radius 1 is 1.05 bits per heavy atom. The van der Waals surface area contributed by atoms with Crippen LogP contribution < -0.4 is 4.90 Å². The highest BCUT2D eigenvalue weighted by Crippen LogP contribution is 2.24. The minimum atomic E-state index is 0.273. The van der Waals surface area contributed by atoms with Gasteiger partial charge in [0.1, 0.15) is 11.6 Å². The number of ether oxygens (including phenoxy) is 1. The molecule has 2 heterocycles. The Morgan fingerprint density at radius 3 is 2.58 bits per heavy atom. The van der Waals surface area contributed by atoms with Crippen LogP contribution >= 0.6 is 0 Å². The number of phenols is 1. The number of rotatable bonds is 2. The molecule has 1 fully saturated rings. The summed E-state index contributed by atoms with van der Waals surface area (Å²) >= 11 is 0. The summed E-state index contributed by atoms with van der Waals surface area (Å²) in [5.74, 6) is 1.25. The third kappa shape index (κ3) is 2.69. The molecule has 1 aliphatic heterocycles. The van der Waals surface area contributed by atoms with Crippen molar-refractivity contribution in [2.45, 2.75) is 0 Å². The van der Waals surface area contributed by atoms with Gasteiger partial charge in [0, 0.05) is 24.8 Å². The smallest absolute Gasteiger partial charge is 0.128 e. The van der Waals surface area contributed by atoms with E-state index in [0.717, 1.165) is 43.2 Å². The maximum Gasteiger partial charge on any atom is 0.128 e. The Balaban J connectivity index is 1.82. The molecule has 4 heteroatoms. The lowest BCUT2D eigenvalue weighted by molar-refractivity contribution is 0.122. The molecule has 98 valence electrons. The maximum absolute atomic E-state index is 9.49. The van der Waals surface area contributed by atoms with Crippen molar-refractivity contribution in [3.8, 4) is 16.9 Å². The Bertz CT molecular complexity index is 548. The van der Waals surface area contributed by atoms with Crippen molar-refractivity contribution in [3.05, 3.63) is 42.6 Å². The second-order valence-electron chi connectivity index (χ2n) is 4.55. The van der Waals surface area contributed by atoms with Crippen molar-refractivity contribution in [1.29, 1.82) is 0 Å². The summed E-state index contributed by atoms with van der Waals surface area (Å²) in [7, 11) is 0. The van der Waals surface area contributed by atoms with Gasteiger partial charge < -0.3 is 14.7 Å². The number of pyridine rings is 1. The van der Waals surface area contributed by atoms with E-state index in [-0.39, 0.29) is 5.75 Å². The first-order valence-electron chi connectivity index (χ1n) is 6.41. The summed E-state index contributed by atoms with van der Waals surface area (Å²) in [5.41, 5.74) is 1.98. The molecule has 1 aromatic heterocycles. The van der Waals surface area contributed by atoms with Crippen molar-refractivity contribution >= 4 is 5.82 Å². The molecule has 1 saturated heterocycles. The molecule has 4 nitrogen and oxygen atoms in total. The topological polar surface area (TPSA) is 45.6 Å². The van der Waals surface area contributed by atoms with E-state index in [1.807, 2.05) is 30.5 Å². The fourth-order valence-corrected chi connectivity index (χ4v) is 2.22. The van der Waals surface area contributed by atoms with Crippen molar-refractivity contribution < 1.29 is 9.84 Å². The van der Waals surface area contributed by atoms with Gasteiger partial charge in [-0.05, 0) is 29.8 Å². The third-order valence-electron chi connectivity index (χ3n) is 3.26. The molecular formula is C15H16N2O2. The van der Waals surface area contributed by atoms with Crippen LogP contribution in [-0.2, 0) is 4.74 Å². The second kappa shape index (κ2) is 5.28. The molecule has 0 bridgehead atoms. The minimum absolute atomic E-state index is 0.273. The zero-order valence-electron chi connectivity index (χ0n) is 10.6. The van der Waals surface area contributed by atoms with E-state index in [0.29, 0.717) is 0 Å². The number of nitrogens with zero attached hydrogens (tertiary/aromatic N) is 2. The molecule has 0 atom stereocenters. The molecule has 2 aromatic rings. The van der Waals surface area contributed by atoms with Gasteiger partial charge in [0.15, 0.2) is 0 Å². The Kier molecular flexibility index (Phi) is 3.33.